The average molecular weight is 428 g/mol. The number of aliphatic imine (C=N–C) groups is 1. The van der Waals surface area contributed by atoms with Crippen molar-refractivity contribution in [1.29, 1.82) is 0 Å². The maximum Gasteiger partial charge on any atom is 0.251 e. The highest BCUT2D eigenvalue weighted by atomic mass is 32.1. The Morgan fingerprint density at radius 3 is 2.73 bits per heavy atom. The maximum absolute atomic E-state index is 11.8. The molecule has 0 aliphatic carbocycles. The molecule has 1 aliphatic rings. The highest BCUT2D eigenvalue weighted by Gasteiger charge is 2.19. The first kappa shape index (κ1) is 22.3. The first-order valence-corrected chi connectivity index (χ1v) is 11.6. The molecule has 1 fully saturated rings. The van der Waals surface area contributed by atoms with Gasteiger partial charge in [0.1, 0.15) is 0 Å². The second-order valence-electron chi connectivity index (χ2n) is 7.71. The Bertz CT molecular complexity index is 813. The number of amides is 1. The van der Waals surface area contributed by atoms with Gasteiger partial charge in [-0.05, 0) is 67.4 Å². The Kier molecular flexibility index (Phi) is 8.71. The monoisotopic (exact) mass is 427 g/mol. The van der Waals surface area contributed by atoms with Gasteiger partial charge in [-0.2, -0.15) is 0 Å². The van der Waals surface area contributed by atoms with E-state index in [1.165, 1.54) is 17.7 Å². The summed E-state index contributed by atoms with van der Waals surface area (Å²) in [7, 11) is 3.46. The van der Waals surface area contributed by atoms with Crippen LogP contribution in [-0.2, 0) is 13.0 Å². The van der Waals surface area contributed by atoms with Gasteiger partial charge in [-0.1, -0.05) is 18.2 Å². The molecular formula is C23H33N5OS. The summed E-state index contributed by atoms with van der Waals surface area (Å²) in [5.74, 6) is 1.48. The molecule has 0 bridgehead atoms. The Morgan fingerprint density at radius 1 is 1.20 bits per heavy atom. The summed E-state index contributed by atoms with van der Waals surface area (Å²) >= 11 is 1.85. The van der Waals surface area contributed by atoms with Gasteiger partial charge in [0, 0.05) is 44.2 Å². The van der Waals surface area contributed by atoms with Crippen molar-refractivity contribution in [2.75, 3.05) is 40.3 Å². The van der Waals surface area contributed by atoms with Crippen LogP contribution in [0.2, 0.25) is 0 Å². The van der Waals surface area contributed by atoms with Gasteiger partial charge in [0.15, 0.2) is 5.96 Å². The van der Waals surface area contributed by atoms with Crippen molar-refractivity contribution in [3.8, 4) is 0 Å². The van der Waals surface area contributed by atoms with Crippen molar-refractivity contribution in [2.45, 2.75) is 25.8 Å². The summed E-state index contributed by atoms with van der Waals surface area (Å²) < 4.78 is 0. The van der Waals surface area contributed by atoms with E-state index >= 15 is 0 Å². The lowest BCUT2D eigenvalue weighted by Crippen LogP contribution is -2.43. The van der Waals surface area contributed by atoms with Crippen molar-refractivity contribution >= 4 is 23.2 Å². The lowest BCUT2D eigenvalue weighted by molar-refractivity contribution is 0.0963. The Hall–Kier alpha value is -2.38. The summed E-state index contributed by atoms with van der Waals surface area (Å²) in [6, 6.07) is 12.1. The zero-order valence-electron chi connectivity index (χ0n) is 18.0. The number of piperidine rings is 1. The number of hydrogen-bond acceptors (Lipinski definition) is 4. The van der Waals surface area contributed by atoms with Gasteiger partial charge >= 0.3 is 0 Å². The molecule has 0 unspecified atom stereocenters. The highest BCUT2D eigenvalue weighted by molar-refractivity contribution is 7.09. The molecule has 1 aromatic heterocycles. The summed E-state index contributed by atoms with van der Waals surface area (Å²) in [4.78, 5) is 20.1. The van der Waals surface area contributed by atoms with Crippen LogP contribution in [0.1, 0.15) is 33.6 Å². The number of guanidine groups is 1. The van der Waals surface area contributed by atoms with E-state index in [2.05, 4.69) is 43.4 Å². The molecule has 0 saturated carbocycles. The quantitative estimate of drug-likeness (QED) is 0.448. The number of nitrogens with one attached hydrogen (secondary N) is 3. The van der Waals surface area contributed by atoms with E-state index in [1.807, 2.05) is 42.6 Å². The predicted molar refractivity (Wildman–Crippen MR) is 125 cm³/mol. The van der Waals surface area contributed by atoms with Crippen molar-refractivity contribution in [1.82, 2.24) is 20.9 Å². The van der Waals surface area contributed by atoms with Gasteiger partial charge in [-0.15, -0.1) is 11.3 Å². The normalized spacial score (nSPS) is 15.7. The Labute approximate surface area is 183 Å². The number of carbonyl (C=O) groups excluding carboxylic acids is 1. The largest absolute Gasteiger partial charge is 0.356 e. The lowest BCUT2D eigenvalue weighted by Gasteiger charge is -2.32. The van der Waals surface area contributed by atoms with E-state index in [0.717, 1.165) is 50.7 Å². The Balaban J connectivity index is 1.35. The predicted octanol–water partition coefficient (Wildman–Crippen LogP) is 2.73. The second-order valence-corrected chi connectivity index (χ2v) is 8.74. The SMILES string of the molecule is CN=C(NCCc1cccc(C(=O)NC)c1)NCC1CCN(Cc2cccs2)CC1. The van der Waals surface area contributed by atoms with Crippen molar-refractivity contribution in [3.05, 3.63) is 57.8 Å². The summed E-state index contributed by atoms with van der Waals surface area (Å²) in [5, 5.41) is 11.7. The third kappa shape index (κ3) is 6.85. The molecule has 0 spiro atoms. The highest BCUT2D eigenvalue weighted by Crippen LogP contribution is 2.20. The summed E-state index contributed by atoms with van der Waals surface area (Å²) in [5.41, 5.74) is 1.83. The van der Waals surface area contributed by atoms with Crippen molar-refractivity contribution in [3.63, 3.8) is 0 Å². The van der Waals surface area contributed by atoms with Crippen LogP contribution in [0, 0.1) is 5.92 Å². The third-order valence-electron chi connectivity index (χ3n) is 5.57. The molecule has 2 heterocycles. The molecule has 1 saturated heterocycles. The van der Waals surface area contributed by atoms with Crippen LogP contribution in [0.4, 0.5) is 0 Å². The molecule has 30 heavy (non-hydrogen) atoms. The molecule has 3 N–H and O–H groups in total. The molecule has 6 nitrogen and oxygen atoms in total. The molecule has 3 rings (SSSR count). The van der Waals surface area contributed by atoms with Crippen LogP contribution in [-0.4, -0.2) is 57.0 Å². The van der Waals surface area contributed by atoms with E-state index in [1.54, 1.807) is 7.05 Å². The minimum absolute atomic E-state index is 0.0521. The number of hydrogen-bond donors (Lipinski definition) is 3. The van der Waals surface area contributed by atoms with Crippen LogP contribution in [0.15, 0.2) is 46.8 Å². The first-order chi connectivity index (χ1) is 14.7. The van der Waals surface area contributed by atoms with Crippen LogP contribution in [0.5, 0.6) is 0 Å². The standard InChI is InChI=1S/C23H33N5OS/c1-24-22(29)20-6-3-5-18(15-20)8-11-26-23(25-2)27-16-19-9-12-28(13-10-19)17-21-7-4-14-30-21/h3-7,14-15,19H,8-13,16-17H2,1-2H3,(H,24,29)(H2,25,26,27). The number of thiophene rings is 1. The number of carbonyl (C=O) groups is 1. The van der Waals surface area contributed by atoms with E-state index in [-0.39, 0.29) is 5.91 Å². The van der Waals surface area contributed by atoms with Crippen molar-refractivity contribution < 1.29 is 4.79 Å². The third-order valence-corrected chi connectivity index (χ3v) is 6.43. The first-order valence-electron chi connectivity index (χ1n) is 10.7. The molecule has 162 valence electrons. The zero-order chi connectivity index (χ0) is 21.2. The number of nitrogens with zero attached hydrogens (tertiary/aromatic N) is 2. The van der Waals surface area contributed by atoms with Gasteiger partial charge in [0.25, 0.3) is 5.91 Å². The fourth-order valence-electron chi connectivity index (χ4n) is 3.77. The van der Waals surface area contributed by atoms with Gasteiger partial charge < -0.3 is 16.0 Å². The molecule has 0 radical (unpaired) electrons. The van der Waals surface area contributed by atoms with Gasteiger partial charge in [-0.25, -0.2) is 0 Å². The lowest BCUT2D eigenvalue weighted by atomic mass is 9.97. The van der Waals surface area contributed by atoms with Gasteiger partial charge in [0.05, 0.1) is 0 Å². The molecule has 0 atom stereocenters. The molecule has 1 aromatic carbocycles. The summed E-state index contributed by atoms with van der Waals surface area (Å²) in [6.07, 6.45) is 3.29. The number of likely N-dealkylation sites (tertiary alicyclic amines) is 1. The molecule has 2 aromatic rings. The van der Waals surface area contributed by atoms with Crippen LogP contribution in [0.25, 0.3) is 0 Å². The molecule has 1 amide bonds. The molecule has 1 aliphatic heterocycles. The fourth-order valence-corrected chi connectivity index (χ4v) is 4.52. The zero-order valence-corrected chi connectivity index (χ0v) is 18.8. The smallest absolute Gasteiger partial charge is 0.251 e. The van der Waals surface area contributed by atoms with E-state index < -0.39 is 0 Å². The number of benzene rings is 1. The number of rotatable bonds is 8. The fraction of sp³-hybridized carbons (Fsp3) is 0.478. The van der Waals surface area contributed by atoms with Crippen LogP contribution >= 0.6 is 11.3 Å². The minimum Gasteiger partial charge on any atom is -0.356 e. The topological polar surface area (TPSA) is 68.8 Å². The summed E-state index contributed by atoms with van der Waals surface area (Å²) in [6.45, 7) is 5.15. The van der Waals surface area contributed by atoms with E-state index in [9.17, 15) is 4.79 Å². The van der Waals surface area contributed by atoms with E-state index in [0.29, 0.717) is 11.5 Å². The maximum atomic E-state index is 11.8. The van der Waals surface area contributed by atoms with E-state index in [4.69, 9.17) is 0 Å². The second kappa shape index (κ2) is 11.7. The van der Waals surface area contributed by atoms with Gasteiger partial charge in [-0.3, -0.25) is 14.7 Å². The van der Waals surface area contributed by atoms with Crippen molar-refractivity contribution in [2.24, 2.45) is 10.9 Å². The van der Waals surface area contributed by atoms with Crippen LogP contribution < -0.4 is 16.0 Å². The Morgan fingerprint density at radius 2 is 2.03 bits per heavy atom. The molecular weight excluding hydrogens is 394 g/mol. The van der Waals surface area contributed by atoms with Crippen LogP contribution in [0.3, 0.4) is 0 Å². The minimum atomic E-state index is -0.0521. The average Bonchev–Trinajstić information content (AvgIpc) is 3.30. The van der Waals surface area contributed by atoms with Gasteiger partial charge in [0.2, 0.25) is 0 Å². The molecule has 7 heteroatoms.